The summed E-state index contributed by atoms with van der Waals surface area (Å²) in [7, 11) is 1.74. The van der Waals surface area contributed by atoms with Gasteiger partial charge in [-0.1, -0.05) is 0 Å². The Balaban J connectivity index is 2.30. The average molecular weight is 393 g/mol. The topological polar surface area (TPSA) is 27.1 Å². The first-order valence-corrected chi connectivity index (χ1v) is 7.93. The standard InChI is InChI=1S/C14H18ClIN2O/c1-10(15)14-17-12-9-11(16)5-6-13(12)18(14)7-3-4-8-19-2/h5-6,9-10H,3-4,7-8H2,1-2H3. The highest BCUT2D eigenvalue weighted by atomic mass is 127. The van der Waals surface area contributed by atoms with Gasteiger partial charge in [-0.05, 0) is 60.6 Å². The Bertz CT molecular complexity index is 554. The molecule has 5 heteroatoms. The lowest BCUT2D eigenvalue weighted by Gasteiger charge is -2.10. The Morgan fingerprint density at radius 2 is 2.21 bits per heavy atom. The van der Waals surface area contributed by atoms with Crippen molar-refractivity contribution < 1.29 is 4.74 Å². The first-order chi connectivity index (χ1) is 9.13. The molecule has 0 amide bonds. The molecule has 104 valence electrons. The summed E-state index contributed by atoms with van der Waals surface area (Å²) < 4.78 is 8.52. The quantitative estimate of drug-likeness (QED) is 0.415. The van der Waals surface area contributed by atoms with Crippen molar-refractivity contribution in [3.63, 3.8) is 0 Å². The molecule has 0 bridgehead atoms. The maximum atomic E-state index is 6.25. The highest BCUT2D eigenvalue weighted by Crippen LogP contribution is 2.26. The zero-order valence-corrected chi connectivity index (χ0v) is 14.1. The number of imidazole rings is 1. The number of fused-ring (bicyclic) bond motifs is 1. The molecule has 0 spiro atoms. The third-order valence-electron chi connectivity index (χ3n) is 3.08. The van der Waals surface area contributed by atoms with E-state index in [0.29, 0.717) is 0 Å². The summed E-state index contributed by atoms with van der Waals surface area (Å²) in [5.74, 6) is 0.955. The summed E-state index contributed by atoms with van der Waals surface area (Å²) in [5, 5.41) is -0.0764. The van der Waals surface area contributed by atoms with Gasteiger partial charge in [0.15, 0.2) is 0 Å². The maximum absolute atomic E-state index is 6.25. The first kappa shape index (κ1) is 15.1. The molecule has 1 atom stereocenters. The van der Waals surface area contributed by atoms with E-state index in [0.717, 1.165) is 37.3 Å². The van der Waals surface area contributed by atoms with Gasteiger partial charge in [-0.15, -0.1) is 11.6 Å². The van der Waals surface area contributed by atoms with Crippen molar-refractivity contribution in [1.82, 2.24) is 9.55 Å². The van der Waals surface area contributed by atoms with Crippen LogP contribution in [0.25, 0.3) is 11.0 Å². The highest BCUT2D eigenvalue weighted by molar-refractivity contribution is 14.1. The van der Waals surface area contributed by atoms with Crippen LogP contribution in [0.1, 0.15) is 31.0 Å². The summed E-state index contributed by atoms with van der Waals surface area (Å²) in [5.41, 5.74) is 2.20. The van der Waals surface area contributed by atoms with Crippen molar-refractivity contribution in [2.45, 2.75) is 31.7 Å². The van der Waals surface area contributed by atoms with Crippen LogP contribution in [0, 0.1) is 3.57 Å². The van der Waals surface area contributed by atoms with Crippen molar-refractivity contribution in [2.75, 3.05) is 13.7 Å². The van der Waals surface area contributed by atoms with Gasteiger partial charge in [-0.3, -0.25) is 0 Å². The normalized spacial score (nSPS) is 13.1. The third-order valence-corrected chi connectivity index (χ3v) is 3.94. The van der Waals surface area contributed by atoms with Crippen molar-refractivity contribution in [3.05, 3.63) is 27.6 Å². The second-order valence-corrected chi connectivity index (χ2v) is 6.47. The minimum Gasteiger partial charge on any atom is -0.385 e. The minimum atomic E-state index is -0.0764. The van der Waals surface area contributed by atoms with E-state index in [2.05, 4.69) is 50.3 Å². The van der Waals surface area contributed by atoms with E-state index in [4.69, 9.17) is 16.3 Å². The second kappa shape index (κ2) is 6.90. The Morgan fingerprint density at radius 1 is 1.42 bits per heavy atom. The number of methoxy groups -OCH3 is 1. The van der Waals surface area contributed by atoms with Crippen LogP contribution < -0.4 is 0 Å². The molecule has 0 radical (unpaired) electrons. The van der Waals surface area contributed by atoms with E-state index >= 15 is 0 Å². The first-order valence-electron chi connectivity index (χ1n) is 6.42. The molecule has 0 aliphatic rings. The van der Waals surface area contributed by atoms with Gasteiger partial charge in [0.2, 0.25) is 0 Å². The van der Waals surface area contributed by atoms with Gasteiger partial charge in [-0.2, -0.15) is 0 Å². The minimum absolute atomic E-state index is 0.0764. The Hall–Kier alpha value is -0.330. The smallest absolute Gasteiger partial charge is 0.127 e. The fourth-order valence-corrected chi connectivity index (χ4v) is 2.82. The molecule has 0 aliphatic carbocycles. The number of unbranched alkanes of at least 4 members (excludes halogenated alkanes) is 1. The van der Waals surface area contributed by atoms with Crippen molar-refractivity contribution in [1.29, 1.82) is 0 Å². The SMILES string of the molecule is COCCCCn1c(C(C)Cl)nc2cc(I)ccc21. The fourth-order valence-electron chi connectivity index (χ4n) is 2.18. The fraction of sp³-hybridized carbons (Fsp3) is 0.500. The van der Waals surface area contributed by atoms with Crippen LogP contribution in [-0.4, -0.2) is 23.3 Å². The molecule has 0 aliphatic heterocycles. The molecule has 3 nitrogen and oxygen atoms in total. The number of rotatable bonds is 6. The average Bonchev–Trinajstić information content (AvgIpc) is 2.72. The van der Waals surface area contributed by atoms with E-state index in [1.165, 1.54) is 9.09 Å². The lowest BCUT2D eigenvalue weighted by molar-refractivity contribution is 0.191. The van der Waals surface area contributed by atoms with Crippen LogP contribution in [0.2, 0.25) is 0 Å². The van der Waals surface area contributed by atoms with Gasteiger partial charge in [-0.25, -0.2) is 4.98 Å². The summed E-state index contributed by atoms with van der Waals surface area (Å²) in [4.78, 5) is 4.67. The third kappa shape index (κ3) is 3.61. The zero-order chi connectivity index (χ0) is 13.8. The van der Waals surface area contributed by atoms with Crippen LogP contribution in [0.3, 0.4) is 0 Å². The number of aryl methyl sites for hydroxylation is 1. The van der Waals surface area contributed by atoms with Crippen molar-refractivity contribution in [2.24, 2.45) is 0 Å². The molecular weight excluding hydrogens is 375 g/mol. The Morgan fingerprint density at radius 3 is 2.89 bits per heavy atom. The molecule has 1 aromatic heterocycles. The molecule has 0 saturated carbocycles. The molecule has 2 aromatic rings. The number of nitrogens with zero attached hydrogens (tertiary/aromatic N) is 2. The summed E-state index contributed by atoms with van der Waals surface area (Å²) in [6.45, 7) is 3.71. The number of hydrogen-bond donors (Lipinski definition) is 0. The number of alkyl halides is 1. The maximum Gasteiger partial charge on any atom is 0.127 e. The molecule has 1 unspecified atom stereocenters. The highest BCUT2D eigenvalue weighted by Gasteiger charge is 2.14. The van der Waals surface area contributed by atoms with E-state index in [9.17, 15) is 0 Å². The lowest BCUT2D eigenvalue weighted by atomic mass is 10.3. The predicted molar refractivity (Wildman–Crippen MR) is 87.8 cm³/mol. The molecule has 1 aromatic carbocycles. The summed E-state index contributed by atoms with van der Waals surface area (Å²) in [6, 6.07) is 6.34. The number of aromatic nitrogens is 2. The molecule has 0 N–H and O–H groups in total. The zero-order valence-electron chi connectivity index (χ0n) is 11.2. The molecule has 2 rings (SSSR count). The van der Waals surface area contributed by atoms with Gasteiger partial charge >= 0.3 is 0 Å². The Labute approximate surface area is 132 Å². The van der Waals surface area contributed by atoms with E-state index < -0.39 is 0 Å². The van der Waals surface area contributed by atoms with Crippen LogP contribution in [0.4, 0.5) is 0 Å². The molecule has 0 fully saturated rings. The number of benzene rings is 1. The van der Waals surface area contributed by atoms with Crippen LogP contribution in [-0.2, 0) is 11.3 Å². The summed E-state index contributed by atoms with van der Waals surface area (Å²) >= 11 is 8.56. The molecule has 19 heavy (non-hydrogen) atoms. The van der Waals surface area contributed by atoms with Gasteiger partial charge < -0.3 is 9.30 Å². The Kier molecular flexibility index (Phi) is 5.47. The molecule has 1 heterocycles. The second-order valence-electron chi connectivity index (χ2n) is 4.57. The number of halogens is 2. The van der Waals surface area contributed by atoms with Crippen molar-refractivity contribution >= 4 is 45.2 Å². The van der Waals surface area contributed by atoms with E-state index in [-0.39, 0.29) is 5.38 Å². The molecule has 0 saturated heterocycles. The predicted octanol–water partition coefficient (Wildman–Crippen LogP) is 4.37. The van der Waals surface area contributed by atoms with Crippen LogP contribution in [0.5, 0.6) is 0 Å². The molecular formula is C14H18ClIN2O. The number of ether oxygens (including phenoxy) is 1. The van der Waals surface area contributed by atoms with E-state index in [1.54, 1.807) is 7.11 Å². The number of hydrogen-bond acceptors (Lipinski definition) is 2. The van der Waals surface area contributed by atoms with Gasteiger partial charge in [0.1, 0.15) is 5.82 Å². The van der Waals surface area contributed by atoms with E-state index in [1.807, 2.05) is 6.92 Å². The van der Waals surface area contributed by atoms with Gasteiger partial charge in [0, 0.05) is 23.8 Å². The summed E-state index contributed by atoms with van der Waals surface area (Å²) in [6.07, 6.45) is 2.12. The van der Waals surface area contributed by atoms with Gasteiger partial charge in [0.25, 0.3) is 0 Å². The monoisotopic (exact) mass is 392 g/mol. The largest absolute Gasteiger partial charge is 0.385 e. The van der Waals surface area contributed by atoms with Crippen LogP contribution in [0.15, 0.2) is 18.2 Å². The van der Waals surface area contributed by atoms with Gasteiger partial charge in [0.05, 0.1) is 16.4 Å². The lowest BCUT2D eigenvalue weighted by Crippen LogP contribution is -2.05. The van der Waals surface area contributed by atoms with Crippen molar-refractivity contribution in [3.8, 4) is 0 Å². The van der Waals surface area contributed by atoms with Crippen LogP contribution >= 0.6 is 34.2 Å².